The lowest BCUT2D eigenvalue weighted by molar-refractivity contribution is 0.0962. The van der Waals surface area contributed by atoms with Crippen molar-refractivity contribution in [3.63, 3.8) is 0 Å². The molecule has 2 N–H and O–H groups in total. The quantitative estimate of drug-likeness (QED) is 0.716. The highest BCUT2D eigenvalue weighted by Crippen LogP contribution is 2.21. The molecule has 0 bridgehead atoms. The number of hydrogen-bond acceptors (Lipinski definition) is 6. The van der Waals surface area contributed by atoms with Gasteiger partial charge in [0.05, 0.1) is 0 Å². The fourth-order valence-electron chi connectivity index (χ4n) is 5.29. The van der Waals surface area contributed by atoms with Crippen LogP contribution in [-0.2, 0) is 0 Å². The van der Waals surface area contributed by atoms with Gasteiger partial charge in [-0.2, -0.15) is 0 Å². The van der Waals surface area contributed by atoms with Crippen LogP contribution in [0.15, 0.2) is 41.7 Å². The molecule has 0 radical (unpaired) electrons. The Labute approximate surface area is 198 Å². The van der Waals surface area contributed by atoms with E-state index in [1.807, 2.05) is 31.2 Å². The number of nitrogens with one attached hydrogen (secondary N) is 2. The third-order valence-electron chi connectivity index (χ3n) is 7.08. The Morgan fingerprint density at radius 1 is 1.12 bits per heavy atom. The Kier molecular flexibility index (Phi) is 7.71. The molecule has 7 nitrogen and oxygen atoms in total. The molecule has 1 aromatic heterocycles. The van der Waals surface area contributed by atoms with Gasteiger partial charge in [-0.1, -0.05) is 6.07 Å². The minimum absolute atomic E-state index is 0.158. The van der Waals surface area contributed by atoms with Gasteiger partial charge in [0.1, 0.15) is 11.5 Å². The van der Waals surface area contributed by atoms with Crippen molar-refractivity contribution in [2.45, 2.75) is 65.1 Å². The van der Waals surface area contributed by atoms with Crippen LogP contribution in [-0.4, -0.2) is 78.1 Å². The SMILES string of the molecule is CC1=CC(NC(=O)c2cccc(N3CCCN(C4CCN(C(C)C)CC4)CC3)n2)=CC(C)N1. The van der Waals surface area contributed by atoms with Gasteiger partial charge in [-0.05, 0) is 84.3 Å². The molecule has 2 saturated heterocycles. The van der Waals surface area contributed by atoms with Crippen LogP contribution in [0.4, 0.5) is 5.82 Å². The van der Waals surface area contributed by atoms with E-state index in [1.54, 1.807) is 6.07 Å². The fraction of sp³-hybridized carbons (Fsp3) is 0.615. The van der Waals surface area contributed by atoms with Crippen molar-refractivity contribution >= 4 is 11.7 Å². The van der Waals surface area contributed by atoms with Crippen molar-refractivity contribution in [1.29, 1.82) is 0 Å². The van der Waals surface area contributed by atoms with Gasteiger partial charge in [0.25, 0.3) is 5.91 Å². The molecule has 1 amide bonds. The number of amides is 1. The number of rotatable bonds is 5. The third kappa shape index (κ3) is 6.15. The van der Waals surface area contributed by atoms with Gasteiger partial charge >= 0.3 is 0 Å². The molecule has 7 heteroatoms. The van der Waals surface area contributed by atoms with Crippen LogP contribution in [0.2, 0.25) is 0 Å². The summed E-state index contributed by atoms with van der Waals surface area (Å²) >= 11 is 0. The summed E-state index contributed by atoms with van der Waals surface area (Å²) in [6, 6.07) is 7.32. The van der Waals surface area contributed by atoms with E-state index in [9.17, 15) is 4.79 Å². The largest absolute Gasteiger partial charge is 0.383 e. The number of aromatic nitrogens is 1. The Morgan fingerprint density at radius 3 is 2.64 bits per heavy atom. The lowest BCUT2D eigenvalue weighted by Crippen LogP contribution is -2.47. The second-order valence-corrected chi connectivity index (χ2v) is 9.95. The van der Waals surface area contributed by atoms with Crippen molar-refractivity contribution in [2.75, 3.05) is 44.2 Å². The summed E-state index contributed by atoms with van der Waals surface area (Å²) in [4.78, 5) is 25.2. The highest BCUT2D eigenvalue weighted by Gasteiger charge is 2.27. The molecule has 1 atom stereocenters. The van der Waals surface area contributed by atoms with E-state index in [4.69, 9.17) is 4.98 Å². The molecule has 0 spiro atoms. The molecule has 1 unspecified atom stereocenters. The lowest BCUT2D eigenvalue weighted by atomic mass is 10.0. The summed E-state index contributed by atoms with van der Waals surface area (Å²) < 4.78 is 0. The number of nitrogens with zero attached hydrogens (tertiary/aromatic N) is 4. The molecule has 4 rings (SSSR count). The monoisotopic (exact) mass is 452 g/mol. The average molecular weight is 453 g/mol. The molecule has 180 valence electrons. The first-order chi connectivity index (χ1) is 15.9. The number of carbonyl (C=O) groups excluding carboxylic acids is 1. The van der Waals surface area contributed by atoms with Gasteiger partial charge in [0, 0.05) is 55.7 Å². The van der Waals surface area contributed by atoms with Crippen LogP contribution >= 0.6 is 0 Å². The molecule has 4 heterocycles. The van der Waals surface area contributed by atoms with Crippen LogP contribution in [0, 0.1) is 0 Å². The maximum atomic E-state index is 12.9. The molecule has 0 saturated carbocycles. The molecule has 0 aromatic carbocycles. The molecule has 33 heavy (non-hydrogen) atoms. The van der Waals surface area contributed by atoms with Gasteiger partial charge in [-0.3, -0.25) is 9.69 Å². The first-order valence-corrected chi connectivity index (χ1v) is 12.6. The predicted molar refractivity (Wildman–Crippen MR) is 134 cm³/mol. The minimum atomic E-state index is -0.158. The molecule has 2 fully saturated rings. The van der Waals surface area contributed by atoms with Gasteiger partial charge in [0.15, 0.2) is 0 Å². The first-order valence-electron chi connectivity index (χ1n) is 12.6. The summed E-state index contributed by atoms with van der Waals surface area (Å²) in [6.45, 7) is 15.2. The zero-order chi connectivity index (χ0) is 23.4. The molecular formula is C26H40N6O. The summed E-state index contributed by atoms with van der Waals surface area (Å²) in [6.07, 6.45) is 7.64. The number of carbonyl (C=O) groups is 1. The van der Waals surface area contributed by atoms with Crippen molar-refractivity contribution in [3.05, 3.63) is 47.4 Å². The van der Waals surface area contributed by atoms with Crippen LogP contribution in [0.3, 0.4) is 0 Å². The topological polar surface area (TPSA) is 63.7 Å². The summed E-state index contributed by atoms with van der Waals surface area (Å²) in [7, 11) is 0. The minimum Gasteiger partial charge on any atom is -0.383 e. The number of likely N-dealkylation sites (tertiary alicyclic amines) is 1. The fourth-order valence-corrected chi connectivity index (χ4v) is 5.29. The van der Waals surface area contributed by atoms with Crippen LogP contribution in [0.1, 0.15) is 57.4 Å². The standard InChI is InChI=1S/C26H40N6O/c1-19(2)30-13-9-23(10-14-30)31-11-6-12-32(16-15-31)25-8-5-7-24(29-25)26(33)28-22-17-20(3)27-21(4)18-22/h5,7-8,17-20,23,27H,6,9-16H2,1-4H3,(H,28,33). The highest BCUT2D eigenvalue weighted by molar-refractivity contribution is 5.94. The molecular weight excluding hydrogens is 412 g/mol. The average Bonchev–Trinajstić information content (AvgIpc) is 3.05. The maximum Gasteiger partial charge on any atom is 0.274 e. The van der Waals surface area contributed by atoms with Crippen molar-refractivity contribution in [3.8, 4) is 0 Å². The van der Waals surface area contributed by atoms with E-state index in [1.165, 1.54) is 25.9 Å². The maximum absolute atomic E-state index is 12.9. The second kappa shape index (κ2) is 10.7. The molecule has 1 aromatic rings. The van der Waals surface area contributed by atoms with E-state index in [2.05, 4.69) is 46.1 Å². The normalized spacial score (nSPS) is 23.5. The summed E-state index contributed by atoms with van der Waals surface area (Å²) in [5.74, 6) is 0.744. The number of allylic oxidation sites excluding steroid dienone is 2. The van der Waals surface area contributed by atoms with Crippen molar-refractivity contribution < 1.29 is 4.79 Å². The number of anilines is 1. The van der Waals surface area contributed by atoms with Crippen molar-refractivity contribution in [1.82, 2.24) is 25.4 Å². The van der Waals surface area contributed by atoms with Gasteiger partial charge in [0.2, 0.25) is 0 Å². The Morgan fingerprint density at radius 2 is 1.91 bits per heavy atom. The Balaban J connectivity index is 1.35. The van der Waals surface area contributed by atoms with E-state index in [0.717, 1.165) is 49.8 Å². The Bertz CT molecular complexity index is 887. The van der Waals surface area contributed by atoms with Gasteiger partial charge in [-0.25, -0.2) is 4.98 Å². The zero-order valence-corrected chi connectivity index (χ0v) is 20.7. The van der Waals surface area contributed by atoms with Crippen molar-refractivity contribution in [2.24, 2.45) is 0 Å². The third-order valence-corrected chi connectivity index (χ3v) is 7.08. The van der Waals surface area contributed by atoms with Crippen LogP contribution < -0.4 is 15.5 Å². The van der Waals surface area contributed by atoms with Crippen LogP contribution in [0.5, 0.6) is 0 Å². The van der Waals surface area contributed by atoms with E-state index in [-0.39, 0.29) is 11.9 Å². The number of hydrogen-bond donors (Lipinski definition) is 2. The van der Waals surface area contributed by atoms with E-state index >= 15 is 0 Å². The number of piperidine rings is 1. The summed E-state index contributed by atoms with van der Waals surface area (Å²) in [5.41, 5.74) is 2.34. The highest BCUT2D eigenvalue weighted by atomic mass is 16.1. The number of dihydropyridines is 1. The number of pyridine rings is 1. The second-order valence-electron chi connectivity index (χ2n) is 9.95. The lowest BCUT2D eigenvalue weighted by Gasteiger charge is -2.39. The summed E-state index contributed by atoms with van der Waals surface area (Å²) in [5, 5.41) is 6.33. The van der Waals surface area contributed by atoms with E-state index in [0.29, 0.717) is 17.8 Å². The zero-order valence-electron chi connectivity index (χ0n) is 20.7. The molecule has 3 aliphatic rings. The van der Waals surface area contributed by atoms with Gasteiger partial charge in [-0.15, -0.1) is 0 Å². The Hall–Kier alpha value is -2.38. The van der Waals surface area contributed by atoms with Gasteiger partial charge < -0.3 is 20.4 Å². The molecule has 0 aliphatic carbocycles. The van der Waals surface area contributed by atoms with Crippen LogP contribution in [0.25, 0.3) is 0 Å². The first kappa shape index (κ1) is 23.8. The molecule has 3 aliphatic heterocycles. The predicted octanol–water partition coefficient (Wildman–Crippen LogP) is 2.98. The smallest absolute Gasteiger partial charge is 0.274 e. The van der Waals surface area contributed by atoms with E-state index < -0.39 is 0 Å².